The number of rotatable bonds is 2. The Morgan fingerprint density at radius 1 is 1.31 bits per heavy atom. The van der Waals surface area contributed by atoms with Gasteiger partial charge in [-0.05, 0) is 19.3 Å². The Morgan fingerprint density at radius 2 is 1.77 bits per heavy atom. The summed E-state index contributed by atoms with van der Waals surface area (Å²) in [5.41, 5.74) is 0. The van der Waals surface area contributed by atoms with E-state index in [1.54, 1.807) is 0 Å². The van der Waals surface area contributed by atoms with E-state index < -0.39 is 24.1 Å². The van der Waals surface area contributed by atoms with E-state index in [0.29, 0.717) is 6.42 Å². The van der Waals surface area contributed by atoms with E-state index in [-0.39, 0.29) is 18.8 Å². The molecule has 1 aliphatic rings. The van der Waals surface area contributed by atoms with Crippen LogP contribution in [0.2, 0.25) is 0 Å². The molecule has 1 aliphatic carbocycles. The summed E-state index contributed by atoms with van der Waals surface area (Å²) in [7, 11) is 0. The van der Waals surface area contributed by atoms with E-state index in [2.05, 4.69) is 0 Å². The molecule has 3 N–H and O–H groups in total. The number of carboxylic acids is 1. The standard InChI is InChI=1S/C9H16O4/c1-2-6-7(10)3-5(9(12)13)4-8(6)11/h5-8,10-11H,2-4H2,1H3,(H,12,13)/t5?,6?,7-,8+. The minimum Gasteiger partial charge on any atom is -0.481 e. The molecule has 0 aromatic rings. The zero-order valence-corrected chi connectivity index (χ0v) is 7.68. The van der Waals surface area contributed by atoms with Gasteiger partial charge in [-0.3, -0.25) is 4.79 Å². The molecule has 0 aromatic heterocycles. The second-order valence-corrected chi connectivity index (χ2v) is 3.71. The predicted octanol–water partition coefficient (Wildman–Crippen LogP) is 0.229. The molecular weight excluding hydrogens is 172 g/mol. The third kappa shape index (κ3) is 2.19. The van der Waals surface area contributed by atoms with Crippen molar-refractivity contribution < 1.29 is 20.1 Å². The first-order valence-corrected chi connectivity index (χ1v) is 4.65. The summed E-state index contributed by atoms with van der Waals surface area (Å²) in [5.74, 6) is -1.67. The first kappa shape index (κ1) is 10.5. The van der Waals surface area contributed by atoms with E-state index in [9.17, 15) is 15.0 Å². The average Bonchev–Trinajstić information content (AvgIpc) is 2.03. The Kier molecular flexibility index (Phi) is 3.27. The third-order valence-electron chi connectivity index (χ3n) is 2.86. The molecule has 13 heavy (non-hydrogen) atoms. The van der Waals surface area contributed by atoms with Crippen LogP contribution in [0.25, 0.3) is 0 Å². The molecule has 76 valence electrons. The summed E-state index contributed by atoms with van der Waals surface area (Å²) >= 11 is 0. The Bertz CT molecular complexity index is 180. The van der Waals surface area contributed by atoms with Crippen LogP contribution >= 0.6 is 0 Å². The van der Waals surface area contributed by atoms with Gasteiger partial charge >= 0.3 is 5.97 Å². The monoisotopic (exact) mass is 188 g/mol. The van der Waals surface area contributed by atoms with E-state index in [0.717, 1.165) is 0 Å². The van der Waals surface area contributed by atoms with Gasteiger partial charge in [0.1, 0.15) is 0 Å². The first-order chi connectivity index (χ1) is 6.06. The highest BCUT2D eigenvalue weighted by Gasteiger charge is 2.37. The highest BCUT2D eigenvalue weighted by Crippen LogP contribution is 2.31. The van der Waals surface area contributed by atoms with Gasteiger partial charge in [0.2, 0.25) is 0 Å². The molecule has 2 unspecified atom stereocenters. The molecule has 0 heterocycles. The van der Waals surface area contributed by atoms with Crippen molar-refractivity contribution in [2.45, 2.75) is 38.4 Å². The molecule has 4 atom stereocenters. The quantitative estimate of drug-likeness (QED) is 0.579. The van der Waals surface area contributed by atoms with Crippen LogP contribution in [-0.4, -0.2) is 33.5 Å². The van der Waals surface area contributed by atoms with Crippen LogP contribution in [0.15, 0.2) is 0 Å². The van der Waals surface area contributed by atoms with Crippen molar-refractivity contribution in [3.8, 4) is 0 Å². The normalized spacial score (nSPS) is 40.2. The van der Waals surface area contributed by atoms with Crippen molar-refractivity contribution in [1.82, 2.24) is 0 Å². The highest BCUT2D eigenvalue weighted by atomic mass is 16.4. The maximum absolute atomic E-state index is 10.6. The van der Waals surface area contributed by atoms with Gasteiger partial charge in [0.25, 0.3) is 0 Å². The topological polar surface area (TPSA) is 77.8 Å². The van der Waals surface area contributed by atoms with Gasteiger partial charge in [-0.15, -0.1) is 0 Å². The van der Waals surface area contributed by atoms with Crippen molar-refractivity contribution in [2.75, 3.05) is 0 Å². The molecule has 0 radical (unpaired) electrons. The average molecular weight is 188 g/mol. The molecule has 0 aromatic carbocycles. The second-order valence-electron chi connectivity index (χ2n) is 3.71. The van der Waals surface area contributed by atoms with Crippen LogP contribution in [0.1, 0.15) is 26.2 Å². The summed E-state index contributed by atoms with van der Waals surface area (Å²) in [5, 5.41) is 27.8. The van der Waals surface area contributed by atoms with Gasteiger partial charge in [-0.25, -0.2) is 0 Å². The maximum Gasteiger partial charge on any atom is 0.306 e. The number of hydrogen-bond donors (Lipinski definition) is 3. The number of aliphatic hydroxyl groups excluding tert-OH is 2. The summed E-state index contributed by atoms with van der Waals surface area (Å²) in [6.45, 7) is 1.89. The van der Waals surface area contributed by atoms with Crippen LogP contribution in [0, 0.1) is 11.8 Å². The van der Waals surface area contributed by atoms with Crippen LogP contribution in [0.4, 0.5) is 0 Å². The fraction of sp³-hybridized carbons (Fsp3) is 0.889. The number of aliphatic carboxylic acids is 1. The van der Waals surface area contributed by atoms with Crippen LogP contribution in [0.3, 0.4) is 0 Å². The van der Waals surface area contributed by atoms with E-state index in [1.807, 2.05) is 6.92 Å². The first-order valence-electron chi connectivity index (χ1n) is 4.65. The third-order valence-corrected chi connectivity index (χ3v) is 2.86. The molecule has 0 bridgehead atoms. The van der Waals surface area contributed by atoms with Gasteiger partial charge in [-0.2, -0.15) is 0 Å². The lowest BCUT2D eigenvalue weighted by molar-refractivity contribution is -0.149. The molecule has 1 fully saturated rings. The largest absolute Gasteiger partial charge is 0.481 e. The van der Waals surface area contributed by atoms with Gasteiger partial charge in [-0.1, -0.05) is 6.92 Å². The predicted molar refractivity (Wildman–Crippen MR) is 46.2 cm³/mol. The van der Waals surface area contributed by atoms with Crippen LogP contribution < -0.4 is 0 Å². The lowest BCUT2D eigenvalue weighted by Crippen LogP contribution is -2.41. The minimum atomic E-state index is -0.923. The SMILES string of the molecule is CCC1[C@H](O)CC(C(=O)O)C[C@@H]1O. The zero-order chi connectivity index (χ0) is 10.0. The van der Waals surface area contributed by atoms with E-state index in [4.69, 9.17) is 5.11 Å². The van der Waals surface area contributed by atoms with Crippen molar-refractivity contribution in [2.24, 2.45) is 11.8 Å². The number of carbonyl (C=O) groups is 1. The maximum atomic E-state index is 10.6. The smallest absolute Gasteiger partial charge is 0.306 e. The summed E-state index contributed by atoms with van der Waals surface area (Å²) < 4.78 is 0. The second kappa shape index (κ2) is 4.07. The molecule has 4 nitrogen and oxygen atoms in total. The molecule has 1 rings (SSSR count). The number of carboxylic acid groups (broad SMARTS) is 1. The van der Waals surface area contributed by atoms with Crippen molar-refractivity contribution >= 4 is 5.97 Å². The van der Waals surface area contributed by atoms with Crippen molar-refractivity contribution in [1.29, 1.82) is 0 Å². The molecule has 0 amide bonds. The van der Waals surface area contributed by atoms with Gasteiger partial charge in [0.05, 0.1) is 18.1 Å². The molecule has 0 spiro atoms. The Hall–Kier alpha value is -0.610. The van der Waals surface area contributed by atoms with Gasteiger partial charge in [0, 0.05) is 5.92 Å². The molecular formula is C9H16O4. The van der Waals surface area contributed by atoms with Gasteiger partial charge < -0.3 is 15.3 Å². The molecule has 0 saturated heterocycles. The minimum absolute atomic E-state index is 0.157. The summed E-state index contributed by atoms with van der Waals surface area (Å²) in [4.78, 5) is 10.6. The van der Waals surface area contributed by atoms with Crippen molar-refractivity contribution in [3.05, 3.63) is 0 Å². The van der Waals surface area contributed by atoms with Crippen LogP contribution in [0.5, 0.6) is 0 Å². The van der Waals surface area contributed by atoms with E-state index >= 15 is 0 Å². The van der Waals surface area contributed by atoms with E-state index in [1.165, 1.54) is 0 Å². The summed E-state index contributed by atoms with van der Waals surface area (Å²) in [6, 6.07) is 0. The molecule has 4 heteroatoms. The Labute approximate surface area is 77.2 Å². The fourth-order valence-electron chi connectivity index (χ4n) is 2.03. The Morgan fingerprint density at radius 3 is 2.08 bits per heavy atom. The number of hydrogen-bond acceptors (Lipinski definition) is 3. The van der Waals surface area contributed by atoms with Crippen molar-refractivity contribution in [3.63, 3.8) is 0 Å². The molecule has 0 aliphatic heterocycles. The lowest BCUT2D eigenvalue weighted by atomic mass is 9.76. The summed E-state index contributed by atoms with van der Waals surface area (Å²) in [6.07, 6.45) is -0.116. The lowest BCUT2D eigenvalue weighted by Gasteiger charge is -2.34. The van der Waals surface area contributed by atoms with Crippen LogP contribution in [-0.2, 0) is 4.79 Å². The number of aliphatic hydroxyl groups is 2. The fourth-order valence-corrected chi connectivity index (χ4v) is 2.03. The zero-order valence-electron chi connectivity index (χ0n) is 7.68. The highest BCUT2D eigenvalue weighted by molar-refractivity contribution is 5.70. The van der Waals surface area contributed by atoms with Gasteiger partial charge in [0.15, 0.2) is 0 Å². The Balaban J connectivity index is 2.61. The molecule has 1 saturated carbocycles.